The molecule has 0 bridgehead atoms. The van der Waals surface area contributed by atoms with Gasteiger partial charge in [-0.15, -0.1) is 0 Å². The fourth-order valence-corrected chi connectivity index (χ4v) is 1.99. The van der Waals surface area contributed by atoms with Gasteiger partial charge < -0.3 is 15.1 Å². The second kappa shape index (κ2) is 8.11. The molecule has 0 aliphatic carbocycles. The normalized spacial score (nSPS) is 10.9. The first-order valence-corrected chi connectivity index (χ1v) is 6.80. The van der Waals surface area contributed by atoms with Crippen molar-refractivity contribution in [3.8, 4) is 0 Å². The van der Waals surface area contributed by atoms with E-state index in [4.69, 9.17) is 0 Å². The van der Waals surface area contributed by atoms with Gasteiger partial charge >= 0.3 is 0 Å². The highest BCUT2D eigenvalue weighted by Gasteiger charge is 2.05. The molecule has 0 heterocycles. The van der Waals surface area contributed by atoms with Crippen molar-refractivity contribution in [3.05, 3.63) is 29.8 Å². The third-order valence-electron chi connectivity index (χ3n) is 2.99. The molecule has 1 rings (SSSR count). The third kappa shape index (κ3) is 5.07. The van der Waals surface area contributed by atoms with Gasteiger partial charge in [0, 0.05) is 31.9 Å². The third-order valence-corrected chi connectivity index (χ3v) is 2.99. The van der Waals surface area contributed by atoms with Crippen molar-refractivity contribution in [1.29, 1.82) is 0 Å². The molecule has 0 fully saturated rings. The first kappa shape index (κ1) is 15.0. The highest BCUT2D eigenvalue weighted by molar-refractivity contribution is 5.47. The van der Waals surface area contributed by atoms with E-state index in [0.29, 0.717) is 0 Å². The van der Waals surface area contributed by atoms with Crippen LogP contribution in [0.3, 0.4) is 0 Å². The summed E-state index contributed by atoms with van der Waals surface area (Å²) in [5.41, 5.74) is 2.67. The van der Waals surface area contributed by atoms with Gasteiger partial charge in [0.15, 0.2) is 0 Å². The molecule has 0 unspecified atom stereocenters. The topological polar surface area (TPSA) is 18.5 Å². The van der Waals surface area contributed by atoms with E-state index in [2.05, 4.69) is 60.4 Å². The second-order valence-electron chi connectivity index (χ2n) is 4.99. The summed E-state index contributed by atoms with van der Waals surface area (Å²) >= 11 is 0. The molecule has 0 atom stereocenters. The molecule has 0 saturated carbocycles. The van der Waals surface area contributed by atoms with Crippen LogP contribution in [0.1, 0.15) is 18.9 Å². The van der Waals surface area contributed by atoms with Crippen LogP contribution in [-0.4, -0.2) is 45.7 Å². The lowest BCUT2D eigenvalue weighted by molar-refractivity contribution is 0.413. The van der Waals surface area contributed by atoms with Crippen LogP contribution in [0.4, 0.5) is 5.69 Å². The molecule has 18 heavy (non-hydrogen) atoms. The van der Waals surface area contributed by atoms with Gasteiger partial charge in [-0.1, -0.05) is 19.1 Å². The predicted octanol–water partition coefficient (Wildman–Crippen LogP) is 2.18. The number of rotatable bonds is 8. The minimum absolute atomic E-state index is 0.936. The molecule has 0 radical (unpaired) electrons. The fraction of sp³-hybridized carbons (Fsp3) is 0.600. The van der Waals surface area contributed by atoms with Gasteiger partial charge in [0.05, 0.1) is 0 Å². The van der Waals surface area contributed by atoms with E-state index in [1.165, 1.54) is 17.7 Å². The second-order valence-corrected chi connectivity index (χ2v) is 4.99. The van der Waals surface area contributed by atoms with E-state index in [-0.39, 0.29) is 0 Å². The van der Waals surface area contributed by atoms with E-state index >= 15 is 0 Å². The Morgan fingerprint density at radius 1 is 1.00 bits per heavy atom. The van der Waals surface area contributed by atoms with Crippen molar-refractivity contribution in [2.75, 3.05) is 45.7 Å². The van der Waals surface area contributed by atoms with Crippen molar-refractivity contribution < 1.29 is 0 Å². The Bertz CT molecular complexity index is 319. The maximum absolute atomic E-state index is 3.18. The quantitative estimate of drug-likeness (QED) is 0.762. The standard InChI is InChI=1S/C15H27N3/c1-5-10-18(12-11-17(3)4)15-8-6-14(7-9-15)13-16-2/h6-9,16H,5,10-13H2,1-4H3. The van der Waals surface area contributed by atoms with Crippen molar-refractivity contribution in [2.24, 2.45) is 0 Å². The summed E-state index contributed by atoms with van der Waals surface area (Å²) in [5.74, 6) is 0. The minimum Gasteiger partial charge on any atom is -0.370 e. The highest BCUT2D eigenvalue weighted by Crippen LogP contribution is 2.15. The summed E-state index contributed by atoms with van der Waals surface area (Å²) in [6.45, 7) is 6.48. The van der Waals surface area contributed by atoms with Crippen LogP contribution >= 0.6 is 0 Å². The molecule has 0 saturated heterocycles. The first-order chi connectivity index (χ1) is 8.67. The minimum atomic E-state index is 0.936. The Labute approximate surface area is 112 Å². The molecule has 0 spiro atoms. The summed E-state index contributed by atoms with van der Waals surface area (Å²) in [4.78, 5) is 4.70. The molecule has 0 aliphatic rings. The van der Waals surface area contributed by atoms with Crippen molar-refractivity contribution >= 4 is 5.69 Å². The zero-order valence-electron chi connectivity index (χ0n) is 12.2. The van der Waals surface area contributed by atoms with E-state index in [0.717, 1.165) is 26.2 Å². The van der Waals surface area contributed by atoms with E-state index < -0.39 is 0 Å². The smallest absolute Gasteiger partial charge is 0.0366 e. The van der Waals surface area contributed by atoms with E-state index in [1.54, 1.807) is 0 Å². The average molecular weight is 249 g/mol. The van der Waals surface area contributed by atoms with Gasteiger partial charge in [0.2, 0.25) is 0 Å². The van der Waals surface area contributed by atoms with Gasteiger partial charge in [-0.25, -0.2) is 0 Å². The molecule has 1 aromatic carbocycles. The molecule has 0 aromatic heterocycles. The summed E-state index contributed by atoms with van der Waals surface area (Å²) < 4.78 is 0. The lowest BCUT2D eigenvalue weighted by Gasteiger charge is -2.26. The van der Waals surface area contributed by atoms with Crippen LogP contribution in [0.25, 0.3) is 0 Å². The number of nitrogens with one attached hydrogen (secondary N) is 1. The monoisotopic (exact) mass is 249 g/mol. The zero-order valence-corrected chi connectivity index (χ0v) is 12.2. The van der Waals surface area contributed by atoms with Crippen LogP contribution in [-0.2, 0) is 6.54 Å². The number of hydrogen-bond acceptors (Lipinski definition) is 3. The Balaban J connectivity index is 2.65. The van der Waals surface area contributed by atoms with Crippen LogP contribution < -0.4 is 10.2 Å². The first-order valence-electron chi connectivity index (χ1n) is 6.80. The Hall–Kier alpha value is -1.06. The van der Waals surface area contributed by atoms with Gasteiger partial charge in [-0.2, -0.15) is 0 Å². The van der Waals surface area contributed by atoms with Crippen LogP contribution in [0.15, 0.2) is 24.3 Å². The lowest BCUT2D eigenvalue weighted by atomic mass is 10.2. The number of anilines is 1. The van der Waals surface area contributed by atoms with E-state index in [9.17, 15) is 0 Å². The molecule has 0 amide bonds. The van der Waals surface area contributed by atoms with Crippen molar-refractivity contribution in [1.82, 2.24) is 10.2 Å². The molecule has 3 heteroatoms. The fourth-order valence-electron chi connectivity index (χ4n) is 1.99. The van der Waals surface area contributed by atoms with Gasteiger partial charge in [-0.05, 0) is 45.3 Å². The van der Waals surface area contributed by atoms with Crippen LogP contribution in [0.5, 0.6) is 0 Å². The van der Waals surface area contributed by atoms with Gasteiger partial charge in [0.1, 0.15) is 0 Å². The zero-order chi connectivity index (χ0) is 13.4. The maximum Gasteiger partial charge on any atom is 0.0366 e. The number of hydrogen-bond donors (Lipinski definition) is 1. The summed E-state index contributed by atoms with van der Waals surface area (Å²) in [5, 5.41) is 3.18. The molecule has 102 valence electrons. The molecule has 1 N–H and O–H groups in total. The predicted molar refractivity (Wildman–Crippen MR) is 80.3 cm³/mol. The van der Waals surface area contributed by atoms with Gasteiger partial charge in [0.25, 0.3) is 0 Å². The summed E-state index contributed by atoms with van der Waals surface area (Å²) in [6.07, 6.45) is 1.19. The Kier molecular flexibility index (Phi) is 6.76. The lowest BCUT2D eigenvalue weighted by Crippen LogP contribution is -2.32. The van der Waals surface area contributed by atoms with Crippen LogP contribution in [0, 0.1) is 0 Å². The Morgan fingerprint density at radius 2 is 1.67 bits per heavy atom. The number of likely N-dealkylation sites (N-methyl/N-ethyl adjacent to an activating group) is 1. The van der Waals surface area contributed by atoms with Crippen molar-refractivity contribution in [3.63, 3.8) is 0 Å². The highest BCUT2D eigenvalue weighted by atomic mass is 15.2. The van der Waals surface area contributed by atoms with Gasteiger partial charge in [-0.3, -0.25) is 0 Å². The molecular formula is C15H27N3. The van der Waals surface area contributed by atoms with Crippen LogP contribution in [0.2, 0.25) is 0 Å². The Morgan fingerprint density at radius 3 is 2.17 bits per heavy atom. The summed E-state index contributed by atoms with van der Waals surface area (Å²) in [7, 11) is 6.23. The SMILES string of the molecule is CCCN(CCN(C)C)c1ccc(CNC)cc1. The summed E-state index contributed by atoms with van der Waals surface area (Å²) in [6, 6.07) is 8.89. The largest absolute Gasteiger partial charge is 0.370 e. The number of benzene rings is 1. The number of nitrogens with zero attached hydrogens (tertiary/aromatic N) is 2. The molecule has 3 nitrogen and oxygen atoms in total. The molecule has 0 aliphatic heterocycles. The molecule has 1 aromatic rings. The molecular weight excluding hydrogens is 222 g/mol. The average Bonchev–Trinajstić information content (AvgIpc) is 2.36. The maximum atomic E-state index is 3.18. The van der Waals surface area contributed by atoms with E-state index in [1.807, 2.05) is 7.05 Å². The van der Waals surface area contributed by atoms with Crippen molar-refractivity contribution in [2.45, 2.75) is 19.9 Å².